The summed E-state index contributed by atoms with van der Waals surface area (Å²) in [5.74, 6) is -0.0681. The van der Waals surface area contributed by atoms with Gasteiger partial charge < -0.3 is 26.6 Å². The van der Waals surface area contributed by atoms with Crippen molar-refractivity contribution >= 4 is 40.1 Å². The summed E-state index contributed by atoms with van der Waals surface area (Å²) >= 11 is 0. The second kappa shape index (κ2) is 12.2. The highest BCUT2D eigenvalue weighted by atomic mass is 16.2. The Hall–Kier alpha value is -4.77. The van der Waals surface area contributed by atoms with Gasteiger partial charge >= 0.3 is 0 Å². The van der Waals surface area contributed by atoms with Crippen LogP contribution in [0.25, 0.3) is 10.9 Å². The lowest BCUT2D eigenvalue weighted by atomic mass is 10.1. The van der Waals surface area contributed by atoms with Gasteiger partial charge in [0.15, 0.2) is 0 Å². The van der Waals surface area contributed by atoms with E-state index in [4.69, 9.17) is 0 Å². The van der Waals surface area contributed by atoms with E-state index in [1.807, 2.05) is 12.1 Å². The lowest BCUT2D eigenvalue weighted by Gasteiger charge is -2.27. The average molecular weight is 527 g/mol. The summed E-state index contributed by atoms with van der Waals surface area (Å²) in [5.41, 5.74) is 2.18. The van der Waals surface area contributed by atoms with Crippen LogP contribution in [0.15, 0.2) is 72.9 Å². The van der Waals surface area contributed by atoms with Crippen LogP contribution in [-0.4, -0.2) is 64.7 Å². The third-order valence-electron chi connectivity index (χ3n) is 6.32. The van der Waals surface area contributed by atoms with Gasteiger partial charge in [0.25, 0.3) is 11.8 Å². The first-order chi connectivity index (χ1) is 19.0. The van der Waals surface area contributed by atoms with Gasteiger partial charge in [-0.25, -0.2) is 4.98 Å². The van der Waals surface area contributed by atoms with Crippen LogP contribution in [-0.2, 0) is 11.3 Å². The molecule has 200 valence electrons. The molecule has 3 amide bonds. The van der Waals surface area contributed by atoms with E-state index in [0.717, 1.165) is 24.9 Å². The smallest absolute Gasteiger partial charge is 0.274 e. The van der Waals surface area contributed by atoms with Crippen LogP contribution in [0.5, 0.6) is 0 Å². The topological polar surface area (TPSA) is 142 Å². The van der Waals surface area contributed by atoms with E-state index in [1.54, 1.807) is 65.5 Å². The van der Waals surface area contributed by atoms with Crippen LogP contribution >= 0.6 is 0 Å². The highest BCUT2D eigenvalue weighted by Crippen LogP contribution is 2.19. The standard InChI is InChI=1S/C28H30N8O3/c37-26(30-13-14-31-27(38)19-5-2-1-3-6-19)18-36-17-20-15-21(9-10-23(20)35-36)33-28(39)24-7-4-8-25(34-24)32-16-22-11-12-29-22/h1-10,15,17,22,29H,11-14,16,18H2,(H,30,37)(H,31,38)(H,32,34)(H,33,39). The van der Waals surface area contributed by atoms with Crippen molar-refractivity contribution in [3.63, 3.8) is 0 Å². The Morgan fingerprint density at radius 2 is 1.77 bits per heavy atom. The third-order valence-corrected chi connectivity index (χ3v) is 6.32. The first kappa shape index (κ1) is 25.9. The second-order valence-corrected chi connectivity index (χ2v) is 9.25. The van der Waals surface area contributed by atoms with E-state index < -0.39 is 0 Å². The number of fused-ring (bicyclic) bond motifs is 1. The minimum atomic E-state index is -0.314. The highest BCUT2D eigenvalue weighted by Gasteiger charge is 2.16. The number of nitrogens with zero attached hydrogens (tertiary/aromatic N) is 3. The van der Waals surface area contributed by atoms with Crippen molar-refractivity contribution in [1.29, 1.82) is 0 Å². The van der Waals surface area contributed by atoms with Crippen LogP contribution in [0.4, 0.5) is 11.5 Å². The van der Waals surface area contributed by atoms with Crippen molar-refractivity contribution in [3.8, 4) is 0 Å². The molecule has 1 aliphatic rings. The van der Waals surface area contributed by atoms with Crippen LogP contribution in [0.3, 0.4) is 0 Å². The number of pyridine rings is 1. The van der Waals surface area contributed by atoms with Crippen molar-refractivity contribution in [3.05, 3.63) is 84.2 Å². The minimum absolute atomic E-state index is 0.0308. The number of carbonyl (C=O) groups is 3. The van der Waals surface area contributed by atoms with Gasteiger partial charge in [-0.2, -0.15) is 5.10 Å². The van der Waals surface area contributed by atoms with E-state index in [-0.39, 0.29) is 24.3 Å². The summed E-state index contributed by atoms with van der Waals surface area (Å²) in [6.07, 6.45) is 2.88. The predicted octanol–water partition coefficient (Wildman–Crippen LogP) is 2.00. The fourth-order valence-electron chi connectivity index (χ4n) is 4.11. The van der Waals surface area contributed by atoms with Crippen LogP contribution in [0, 0.1) is 0 Å². The first-order valence-corrected chi connectivity index (χ1v) is 12.9. The predicted molar refractivity (Wildman–Crippen MR) is 149 cm³/mol. The van der Waals surface area contributed by atoms with Gasteiger partial charge in [-0.1, -0.05) is 24.3 Å². The van der Waals surface area contributed by atoms with Crippen molar-refractivity contribution in [2.24, 2.45) is 0 Å². The second-order valence-electron chi connectivity index (χ2n) is 9.25. The van der Waals surface area contributed by atoms with Gasteiger partial charge in [-0.15, -0.1) is 0 Å². The molecule has 11 heteroatoms. The number of carbonyl (C=O) groups excluding carboxylic acids is 3. The number of hydrogen-bond donors (Lipinski definition) is 5. The lowest BCUT2D eigenvalue weighted by Crippen LogP contribution is -2.47. The number of benzene rings is 2. The molecule has 1 atom stereocenters. The fraction of sp³-hybridized carbons (Fsp3) is 0.250. The zero-order valence-electron chi connectivity index (χ0n) is 21.3. The monoisotopic (exact) mass is 526 g/mol. The zero-order valence-corrected chi connectivity index (χ0v) is 21.3. The van der Waals surface area contributed by atoms with Gasteiger partial charge in [0.2, 0.25) is 5.91 Å². The van der Waals surface area contributed by atoms with Crippen molar-refractivity contribution < 1.29 is 14.4 Å². The molecule has 2 aromatic heterocycles. The molecule has 0 aliphatic carbocycles. The Balaban J connectivity index is 1.10. The molecule has 0 bridgehead atoms. The molecule has 3 heterocycles. The van der Waals surface area contributed by atoms with Crippen molar-refractivity contribution in [2.75, 3.05) is 36.8 Å². The van der Waals surface area contributed by atoms with Crippen LogP contribution in [0.1, 0.15) is 27.3 Å². The van der Waals surface area contributed by atoms with E-state index in [1.165, 1.54) is 0 Å². The fourth-order valence-corrected chi connectivity index (χ4v) is 4.11. The average Bonchev–Trinajstić information content (AvgIpc) is 3.32. The first-order valence-electron chi connectivity index (χ1n) is 12.9. The number of aromatic nitrogens is 3. The molecule has 1 saturated heterocycles. The van der Waals surface area contributed by atoms with Gasteiger partial charge in [-0.05, 0) is 55.4 Å². The molecule has 1 aliphatic heterocycles. The molecule has 0 saturated carbocycles. The van der Waals surface area contributed by atoms with E-state index in [9.17, 15) is 14.4 Å². The Bertz CT molecular complexity index is 1470. The Kier molecular flexibility index (Phi) is 8.08. The SMILES string of the molecule is O=C(Cn1cc2cc(NC(=O)c3cccc(NCC4CCN4)n3)ccc2n1)NCCNC(=O)c1ccccc1. The Morgan fingerprint density at radius 1 is 0.949 bits per heavy atom. The lowest BCUT2D eigenvalue weighted by molar-refractivity contribution is -0.121. The molecule has 1 fully saturated rings. The molecule has 0 spiro atoms. The zero-order chi connectivity index (χ0) is 27.0. The summed E-state index contributed by atoms with van der Waals surface area (Å²) in [7, 11) is 0. The molecule has 0 radical (unpaired) electrons. The minimum Gasteiger partial charge on any atom is -0.368 e. The summed E-state index contributed by atoms with van der Waals surface area (Å²) in [6, 6.07) is 20.0. The number of hydrogen-bond acceptors (Lipinski definition) is 7. The molecular weight excluding hydrogens is 496 g/mol. The van der Waals surface area contributed by atoms with E-state index in [0.29, 0.717) is 47.4 Å². The number of nitrogens with one attached hydrogen (secondary N) is 5. The summed E-state index contributed by atoms with van der Waals surface area (Å²) in [5, 5.41) is 20.2. The maximum absolute atomic E-state index is 12.8. The summed E-state index contributed by atoms with van der Waals surface area (Å²) in [6.45, 7) is 2.45. The largest absolute Gasteiger partial charge is 0.368 e. The molecule has 4 aromatic rings. The number of anilines is 2. The maximum atomic E-state index is 12.8. The third kappa shape index (κ3) is 6.96. The molecule has 11 nitrogen and oxygen atoms in total. The summed E-state index contributed by atoms with van der Waals surface area (Å²) < 4.78 is 1.54. The van der Waals surface area contributed by atoms with E-state index in [2.05, 4.69) is 36.7 Å². The van der Waals surface area contributed by atoms with Gasteiger partial charge in [0, 0.05) is 48.5 Å². The normalized spacial score (nSPS) is 14.3. The maximum Gasteiger partial charge on any atom is 0.274 e. The molecule has 5 rings (SSSR count). The quantitative estimate of drug-likeness (QED) is 0.188. The molecular formula is C28H30N8O3. The molecule has 1 unspecified atom stereocenters. The number of rotatable bonds is 11. The van der Waals surface area contributed by atoms with Crippen molar-refractivity contribution in [1.82, 2.24) is 30.7 Å². The van der Waals surface area contributed by atoms with Crippen molar-refractivity contribution in [2.45, 2.75) is 19.0 Å². The summed E-state index contributed by atoms with van der Waals surface area (Å²) in [4.78, 5) is 41.6. The highest BCUT2D eigenvalue weighted by molar-refractivity contribution is 6.04. The Labute approximate surface area is 225 Å². The van der Waals surface area contributed by atoms with Crippen LogP contribution in [0.2, 0.25) is 0 Å². The molecule has 2 aromatic carbocycles. The van der Waals surface area contributed by atoms with Crippen LogP contribution < -0.4 is 26.6 Å². The van der Waals surface area contributed by atoms with Gasteiger partial charge in [0.1, 0.15) is 18.1 Å². The van der Waals surface area contributed by atoms with E-state index >= 15 is 0 Å². The molecule has 5 N–H and O–H groups in total. The van der Waals surface area contributed by atoms with Gasteiger partial charge in [0.05, 0.1) is 5.52 Å². The number of amides is 3. The van der Waals surface area contributed by atoms with Gasteiger partial charge in [-0.3, -0.25) is 19.1 Å². The molecule has 39 heavy (non-hydrogen) atoms. The Morgan fingerprint density at radius 3 is 2.56 bits per heavy atom.